The summed E-state index contributed by atoms with van der Waals surface area (Å²) in [7, 11) is 0. The van der Waals surface area contributed by atoms with Crippen LogP contribution in [0.25, 0.3) is 33.3 Å². The molecule has 0 saturated heterocycles. The highest BCUT2D eigenvalue weighted by atomic mass is 16.5. The molecule has 0 atom stereocenters. The summed E-state index contributed by atoms with van der Waals surface area (Å²) in [6.45, 7) is 2.16. The zero-order valence-electron chi connectivity index (χ0n) is 14.6. The Hall–Kier alpha value is -3.33. The molecule has 128 valence electrons. The van der Waals surface area contributed by atoms with Crippen molar-refractivity contribution in [2.75, 3.05) is 6.61 Å². The molecule has 1 aromatic heterocycles. The molecule has 0 bridgehead atoms. The van der Waals surface area contributed by atoms with Gasteiger partial charge in [0.05, 0.1) is 17.8 Å². The Labute approximate surface area is 152 Å². The van der Waals surface area contributed by atoms with Crippen molar-refractivity contribution in [2.45, 2.75) is 6.92 Å². The van der Waals surface area contributed by atoms with Crippen LogP contribution in [0.15, 0.2) is 84.9 Å². The van der Waals surface area contributed by atoms with Crippen LogP contribution in [0.4, 0.5) is 4.79 Å². The summed E-state index contributed by atoms with van der Waals surface area (Å²) in [6, 6.07) is 28.1. The van der Waals surface area contributed by atoms with Crippen LogP contribution in [-0.2, 0) is 4.74 Å². The van der Waals surface area contributed by atoms with Gasteiger partial charge in [0, 0.05) is 10.9 Å². The van der Waals surface area contributed by atoms with Crippen molar-refractivity contribution in [2.24, 2.45) is 0 Å². The monoisotopic (exact) mass is 341 g/mol. The van der Waals surface area contributed by atoms with Crippen molar-refractivity contribution in [3.63, 3.8) is 0 Å². The summed E-state index contributed by atoms with van der Waals surface area (Å²) >= 11 is 0. The second-order valence-corrected chi connectivity index (χ2v) is 6.01. The van der Waals surface area contributed by atoms with E-state index in [0.29, 0.717) is 6.61 Å². The highest BCUT2D eigenvalue weighted by molar-refractivity contribution is 6.08. The lowest BCUT2D eigenvalue weighted by Gasteiger charge is -2.11. The van der Waals surface area contributed by atoms with Crippen molar-refractivity contribution in [3.8, 4) is 22.4 Å². The predicted molar refractivity (Wildman–Crippen MR) is 105 cm³/mol. The number of carbonyl (C=O) groups excluding carboxylic acids is 1. The zero-order valence-corrected chi connectivity index (χ0v) is 14.6. The van der Waals surface area contributed by atoms with Crippen molar-refractivity contribution >= 4 is 17.0 Å². The highest BCUT2D eigenvalue weighted by Gasteiger charge is 2.23. The minimum Gasteiger partial charge on any atom is -0.449 e. The van der Waals surface area contributed by atoms with Crippen LogP contribution in [0.1, 0.15) is 6.92 Å². The third-order valence-electron chi connectivity index (χ3n) is 4.43. The van der Waals surface area contributed by atoms with E-state index in [9.17, 15) is 4.79 Å². The fourth-order valence-corrected chi connectivity index (χ4v) is 3.38. The summed E-state index contributed by atoms with van der Waals surface area (Å²) in [4.78, 5) is 12.8. The number of carbonyl (C=O) groups is 1. The first kappa shape index (κ1) is 16.2. The maximum atomic E-state index is 12.8. The molecule has 3 aromatic carbocycles. The lowest BCUT2D eigenvalue weighted by molar-refractivity contribution is 0.155. The Kier molecular flexibility index (Phi) is 4.28. The van der Waals surface area contributed by atoms with Gasteiger partial charge in [0.2, 0.25) is 0 Å². The number of ether oxygens (including phenoxy) is 1. The number of para-hydroxylation sites is 1. The molecule has 1 heterocycles. The summed E-state index contributed by atoms with van der Waals surface area (Å²) in [5, 5.41) is 1.03. The van der Waals surface area contributed by atoms with E-state index >= 15 is 0 Å². The van der Waals surface area contributed by atoms with E-state index in [1.807, 2.05) is 73.7 Å². The number of benzene rings is 3. The number of fused-ring (bicyclic) bond motifs is 1. The Morgan fingerprint density at radius 2 is 1.38 bits per heavy atom. The average Bonchev–Trinajstić information content (AvgIpc) is 3.05. The topological polar surface area (TPSA) is 31.2 Å². The number of hydrogen-bond acceptors (Lipinski definition) is 2. The van der Waals surface area contributed by atoms with Crippen LogP contribution in [-0.4, -0.2) is 17.3 Å². The summed E-state index contributed by atoms with van der Waals surface area (Å²) < 4.78 is 7.06. The van der Waals surface area contributed by atoms with E-state index in [0.717, 1.165) is 33.3 Å². The first-order chi connectivity index (χ1) is 12.8. The van der Waals surface area contributed by atoms with Crippen LogP contribution >= 0.6 is 0 Å². The van der Waals surface area contributed by atoms with Gasteiger partial charge in [-0.05, 0) is 24.1 Å². The summed E-state index contributed by atoms with van der Waals surface area (Å²) in [6.07, 6.45) is -0.357. The minimum absolute atomic E-state index is 0.334. The van der Waals surface area contributed by atoms with Crippen LogP contribution < -0.4 is 0 Å². The Morgan fingerprint density at radius 3 is 2.04 bits per heavy atom. The highest BCUT2D eigenvalue weighted by Crippen LogP contribution is 2.40. The molecule has 0 fully saturated rings. The van der Waals surface area contributed by atoms with Gasteiger partial charge < -0.3 is 4.74 Å². The first-order valence-corrected chi connectivity index (χ1v) is 8.72. The summed E-state index contributed by atoms with van der Waals surface area (Å²) in [5.74, 6) is 0. The van der Waals surface area contributed by atoms with Gasteiger partial charge in [0.25, 0.3) is 0 Å². The van der Waals surface area contributed by atoms with Crippen LogP contribution in [0, 0.1) is 0 Å². The minimum atomic E-state index is -0.357. The Balaban J connectivity index is 2.13. The molecule has 0 saturated carbocycles. The molecule has 0 unspecified atom stereocenters. The molecule has 26 heavy (non-hydrogen) atoms. The van der Waals surface area contributed by atoms with E-state index in [4.69, 9.17) is 4.74 Å². The molecule has 0 aliphatic heterocycles. The molecule has 0 N–H and O–H groups in total. The molecule has 4 rings (SSSR count). The Morgan fingerprint density at radius 1 is 0.808 bits per heavy atom. The molecule has 0 spiro atoms. The number of rotatable bonds is 3. The lowest BCUT2D eigenvalue weighted by Crippen LogP contribution is -2.14. The maximum absolute atomic E-state index is 12.8. The van der Waals surface area contributed by atoms with Crippen molar-refractivity contribution in [3.05, 3.63) is 84.9 Å². The van der Waals surface area contributed by atoms with Crippen molar-refractivity contribution < 1.29 is 9.53 Å². The van der Waals surface area contributed by atoms with Gasteiger partial charge in [-0.1, -0.05) is 78.9 Å². The van der Waals surface area contributed by atoms with E-state index in [1.165, 1.54) is 0 Å². The zero-order chi connectivity index (χ0) is 17.9. The van der Waals surface area contributed by atoms with E-state index in [-0.39, 0.29) is 6.09 Å². The van der Waals surface area contributed by atoms with Gasteiger partial charge in [0.15, 0.2) is 0 Å². The fraction of sp³-hybridized carbons (Fsp3) is 0.0870. The van der Waals surface area contributed by atoms with Gasteiger partial charge in [-0.15, -0.1) is 0 Å². The van der Waals surface area contributed by atoms with E-state index in [1.54, 1.807) is 4.57 Å². The number of aromatic nitrogens is 1. The van der Waals surface area contributed by atoms with Crippen molar-refractivity contribution in [1.82, 2.24) is 4.57 Å². The molecular formula is C23H19NO2. The van der Waals surface area contributed by atoms with E-state index in [2.05, 4.69) is 18.2 Å². The molecule has 0 amide bonds. The third kappa shape index (κ3) is 2.68. The molecule has 0 radical (unpaired) electrons. The standard InChI is InChI=1S/C23H19NO2/c1-2-26-23(25)24-20-16-10-9-15-19(20)21(17-11-5-3-6-12-17)22(24)18-13-7-4-8-14-18/h3-16H,2H2,1H3. The normalized spacial score (nSPS) is 10.8. The SMILES string of the molecule is CCOC(=O)n1c(-c2ccccc2)c(-c2ccccc2)c2ccccc21. The van der Waals surface area contributed by atoms with Gasteiger partial charge in [-0.3, -0.25) is 0 Å². The van der Waals surface area contributed by atoms with E-state index < -0.39 is 0 Å². The quantitative estimate of drug-likeness (QED) is 0.459. The van der Waals surface area contributed by atoms with Crippen LogP contribution in [0.2, 0.25) is 0 Å². The third-order valence-corrected chi connectivity index (χ3v) is 4.43. The van der Waals surface area contributed by atoms with Gasteiger partial charge in [-0.2, -0.15) is 0 Å². The molecular weight excluding hydrogens is 322 g/mol. The first-order valence-electron chi connectivity index (χ1n) is 8.72. The van der Waals surface area contributed by atoms with Gasteiger partial charge in [0.1, 0.15) is 0 Å². The Bertz CT molecular complexity index is 1050. The second kappa shape index (κ2) is 6.89. The largest absolute Gasteiger partial charge is 0.449 e. The molecule has 4 aromatic rings. The van der Waals surface area contributed by atoms with Gasteiger partial charge in [-0.25, -0.2) is 9.36 Å². The number of nitrogens with zero attached hydrogens (tertiary/aromatic N) is 1. The number of hydrogen-bond donors (Lipinski definition) is 0. The predicted octanol–water partition coefficient (Wildman–Crippen LogP) is 5.98. The lowest BCUT2D eigenvalue weighted by atomic mass is 9.98. The van der Waals surface area contributed by atoms with Crippen LogP contribution in [0.5, 0.6) is 0 Å². The summed E-state index contributed by atoms with van der Waals surface area (Å²) in [5.41, 5.74) is 4.81. The second-order valence-electron chi connectivity index (χ2n) is 6.01. The van der Waals surface area contributed by atoms with Crippen molar-refractivity contribution in [1.29, 1.82) is 0 Å². The molecule has 0 aliphatic carbocycles. The molecule has 3 nitrogen and oxygen atoms in total. The van der Waals surface area contributed by atoms with Crippen LogP contribution in [0.3, 0.4) is 0 Å². The smallest absolute Gasteiger partial charge is 0.418 e. The van der Waals surface area contributed by atoms with Gasteiger partial charge >= 0.3 is 6.09 Å². The average molecular weight is 341 g/mol. The molecule has 3 heteroatoms. The maximum Gasteiger partial charge on any atom is 0.418 e. The molecule has 0 aliphatic rings. The fourth-order valence-electron chi connectivity index (χ4n) is 3.38.